The van der Waals surface area contributed by atoms with E-state index in [9.17, 15) is 4.79 Å². The van der Waals surface area contributed by atoms with Crippen LogP contribution in [0.1, 0.15) is 30.9 Å². The largest absolute Gasteiger partial charge is 0.493 e. The number of carbonyl (C=O) groups is 1. The monoisotopic (exact) mass is 346 g/mol. The number of benzene rings is 1. The predicted molar refractivity (Wildman–Crippen MR) is 97.4 cm³/mol. The summed E-state index contributed by atoms with van der Waals surface area (Å²) in [5.74, 6) is 2.78. The van der Waals surface area contributed by atoms with Crippen molar-refractivity contribution in [3.8, 4) is 11.5 Å². The van der Waals surface area contributed by atoms with Crippen LogP contribution in [0.15, 0.2) is 28.7 Å². The molecule has 2 rings (SSSR count). The minimum Gasteiger partial charge on any atom is -0.493 e. The number of nitrogens with one attached hydrogen (secondary N) is 1. The van der Waals surface area contributed by atoms with Crippen molar-refractivity contribution in [2.24, 2.45) is 0 Å². The van der Waals surface area contributed by atoms with E-state index in [0.717, 1.165) is 17.1 Å². The predicted octanol–water partition coefficient (Wildman–Crippen LogP) is 4.36. The smallest absolute Gasteiger partial charge is 0.322 e. The summed E-state index contributed by atoms with van der Waals surface area (Å²) in [6.07, 6.45) is 0. The molecule has 6 nitrogen and oxygen atoms in total. The van der Waals surface area contributed by atoms with Gasteiger partial charge in [-0.15, -0.1) is 0 Å². The van der Waals surface area contributed by atoms with Gasteiger partial charge < -0.3 is 24.1 Å². The summed E-state index contributed by atoms with van der Waals surface area (Å²) >= 11 is 0. The Morgan fingerprint density at radius 1 is 1.16 bits per heavy atom. The maximum atomic E-state index is 12.8. The van der Waals surface area contributed by atoms with Crippen molar-refractivity contribution < 1.29 is 18.7 Å². The summed E-state index contributed by atoms with van der Waals surface area (Å²) in [5.41, 5.74) is 1.58. The van der Waals surface area contributed by atoms with Gasteiger partial charge >= 0.3 is 6.03 Å². The van der Waals surface area contributed by atoms with E-state index in [1.807, 2.05) is 45.9 Å². The lowest BCUT2D eigenvalue weighted by molar-refractivity contribution is 0.187. The van der Waals surface area contributed by atoms with Crippen LogP contribution in [0.4, 0.5) is 10.5 Å². The molecule has 0 fully saturated rings. The van der Waals surface area contributed by atoms with Crippen LogP contribution in [0, 0.1) is 13.8 Å². The third-order valence-electron chi connectivity index (χ3n) is 3.98. The molecule has 1 aromatic carbocycles. The van der Waals surface area contributed by atoms with Gasteiger partial charge in [0.2, 0.25) is 0 Å². The van der Waals surface area contributed by atoms with Crippen LogP contribution in [0.3, 0.4) is 0 Å². The van der Waals surface area contributed by atoms with Gasteiger partial charge in [0.25, 0.3) is 0 Å². The van der Waals surface area contributed by atoms with E-state index < -0.39 is 0 Å². The first-order valence-corrected chi connectivity index (χ1v) is 8.21. The number of rotatable bonds is 6. The molecule has 2 aromatic rings. The quantitative estimate of drug-likeness (QED) is 0.844. The molecule has 0 aliphatic rings. The first-order valence-electron chi connectivity index (χ1n) is 8.21. The average molecular weight is 346 g/mol. The molecule has 1 N–H and O–H groups in total. The Balaban J connectivity index is 2.20. The van der Waals surface area contributed by atoms with Crippen LogP contribution in [-0.4, -0.2) is 31.2 Å². The highest BCUT2D eigenvalue weighted by Crippen LogP contribution is 2.33. The fourth-order valence-corrected chi connectivity index (χ4v) is 2.53. The Labute approximate surface area is 148 Å². The minimum atomic E-state index is -0.195. The zero-order valence-corrected chi connectivity index (χ0v) is 15.7. The van der Waals surface area contributed by atoms with E-state index in [2.05, 4.69) is 5.32 Å². The Bertz CT molecular complexity index is 737. The molecule has 0 spiro atoms. The lowest BCUT2D eigenvalue weighted by Crippen LogP contribution is -2.39. The van der Waals surface area contributed by atoms with Gasteiger partial charge in [-0.25, -0.2) is 4.79 Å². The summed E-state index contributed by atoms with van der Waals surface area (Å²) in [6.45, 7) is 8.14. The molecule has 0 bridgehead atoms. The molecular formula is C19H26N2O4. The van der Waals surface area contributed by atoms with Crippen LogP contribution in [-0.2, 0) is 6.54 Å². The van der Waals surface area contributed by atoms with E-state index >= 15 is 0 Å². The number of carbonyl (C=O) groups excluding carboxylic acids is 1. The van der Waals surface area contributed by atoms with E-state index in [-0.39, 0.29) is 12.1 Å². The van der Waals surface area contributed by atoms with Crippen LogP contribution in [0.2, 0.25) is 0 Å². The van der Waals surface area contributed by atoms with Gasteiger partial charge in [0.05, 0.1) is 20.8 Å². The number of hydrogen-bond acceptors (Lipinski definition) is 4. The number of amides is 2. The zero-order valence-electron chi connectivity index (χ0n) is 15.7. The summed E-state index contributed by atoms with van der Waals surface area (Å²) in [7, 11) is 3.15. The van der Waals surface area contributed by atoms with E-state index in [1.54, 1.807) is 25.2 Å². The molecule has 0 atom stereocenters. The standard InChI is InChI=1S/C19H26N2O4/c1-12(2)21(11-15-8-7-14(4)25-15)19(22)20-16-10-18(24-6)17(23-5)9-13(16)3/h7-10,12H,11H2,1-6H3,(H,20,22). The number of nitrogens with zero attached hydrogens (tertiary/aromatic N) is 1. The molecule has 1 aromatic heterocycles. The van der Waals surface area contributed by atoms with Crippen molar-refractivity contribution >= 4 is 11.7 Å². The van der Waals surface area contributed by atoms with Crippen LogP contribution in [0.25, 0.3) is 0 Å². The number of hydrogen-bond donors (Lipinski definition) is 1. The SMILES string of the molecule is COc1cc(C)c(NC(=O)N(Cc2ccc(C)o2)C(C)C)cc1OC. The zero-order chi connectivity index (χ0) is 18.6. The Morgan fingerprint density at radius 3 is 2.32 bits per heavy atom. The van der Waals surface area contributed by atoms with Gasteiger partial charge in [-0.1, -0.05) is 0 Å². The second-order valence-electron chi connectivity index (χ2n) is 6.19. The molecule has 2 amide bonds. The number of urea groups is 1. The molecule has 1 heterocycles. The van der Waals surface area contributed by atoms with Gasteiger partial charge in [-0.05, 0) is 51.5 Å². The molecule has 0 aliphatic heterocycles. The number of anilines is 1. The van der Waals surface area contributed by atoms with Crippen LogP contribution < -0.4 is 14.8 Å². The first kappa shape index (κ1) is 18.7. The topological polar surface area (TPSA) is 63.9 Å². The highest BCUT2D eigenvalue weighted by Gasteiger charge is 2.20. The lowest BCUT2D eigenvalue weighted by atomic mass is 10.1. The van der Waals surface area contributed by atoms with Crippen molar-refractivity contribution in [2.75, 3.05) is 19.5 Å². The van der Waals surface area contributed by atoms with E-state index in [4.69, 9.17) is 13.9 Å². The second kappa shape index (κ2) is 7.96. The van der Waals surface area contributed by atoms with Gasteiger partial charge in [-0.2, -0.15) is 0 Å². The molecule has 6 heteroatoms. The van der Waals surface area contributed by atoms with Crippen molar-refractivity contribution in [3.63, 3.8) is 0 Å². The molecule has 0 unspecified atom stereocenters. The van der Waals surface area contributed by atoms with E-state index in [1.165, 1.54) is 0 Å². The van der Waals surface area contributed by atoms with Crippen molar-refractivity contribution in [2.45, 2.75) is 40.3 Å². The van der Waals surface area contributed by atoms with E-state index in [0.29, 0.717) is 23.7 Å². The highest BCUT2D eigenvalue weighted by molar-refractivity contribution is 5.90. The maximum Gasteiger partial charge on any atom is 0.322 e. The van der Waals surface area contributed by atoms with Crippen LogP contribution >= 0.6 is 0 Å². The van der Waals surface area contributed by atoms with Gasteiger partial charge in [0.15, 0.2) is 11.5 Å². The second-order valence-corrected chi connectivity index (χ2v) is 6.19. The van der Waals surface area contributed by atoms with Gasteiger partial charge in [0.1, 0.15) is 11.5 Å². The number of furan rings is 1. The van der Waals surface area contributed by atoms with Gasteiger partial charge in [-0.3, -0.25) is 0 Å². The highest BCUT2D eigenvalue weighted by atomic mass is 16.5. The Kier molecular flexibility index (Phi) is 5.96. The molecular weight excluding hydrogens is 320 g/mol. The maximum absolute atomic E-state index is 12.8. The summed E-state index contributed by atoms with van der Waals surface area (Å²) < 4.78 is 16.2. The minimum absolute atomic E-state index is 0.0193. The molecule has 25 heavy (non-hydrogen) atoms. The third kappa shape index (κ3) is 4.47. The molecule has 136 valence electrons. The fourth-order valence-electron chi connectivity index (χ4n) is 2.53. The molecule has 0 radical (unpaired) electrons. The summed E-state index contributed by atoms with van der Waals surface area (Å²) in [4.78, 5) is 14.5. The normalized spacial score (nSPS) is 10.7. The molecule has 0 saturated carbocycles. The molecule has 0 aliphatic carbocycles. The number of aryl methyl sites for hydroxylation is 2. The van der Waals surface area contributed by atoms with Gasteiger partial charge in [0, 0.05) is 17.8 Å². The fraction of sp³-hybridized carbons (Fsp3) is 0.421. The Hall–Kier alpha value is -2.63. The lowest BCUT2D eigenvalue weighted by Gasteiger charge is -2.26. The third-order valence-corrected chi connectivity index (χ3v) is 3.98. The number of ether oxygens (including phenoxy) is 2. The average Bonchev–Trinajstić information content (AvgIpc) is 2.98. The van der Waals surface area contributed by atoms with Crippen molar-refractivity contribution in [1.82, 2.24) is 4.90 Å². The Morgan fingerprint density at radius 2 is 1.80 bits per heavy atom. The van der Waals surface area contributed by atoms with Crippen LogP contribution in [0.5, 0.6) is 11.5 Å². The van der Waals surface area contributed by atoms with Crippen molar-refractivity contribution in [1.29, 1.82) is 0 Å². The number of methoxy groups -OCH3 is 2. The summed E-state index contributed by atoms with van der Waals surface area (Å²) in [5, 5.41) is 2.95. The van der Waals surface area contributed by atoms with Crippen molar-refractivity contribution in [3.05, 3.63) is 41.3 Å². The summed E-state index contributed by atoms with van der Waals surface area (Å²) in [6, 6.07) is 7.21. The first-order chi connectivity index (χ1) is 11.8. The molecule has 0 saturated heterocycles.